The first-order valence-corrected chi connectivity index (χ1v) is 4.75. The van der Waals surface area contributed by atoms with E-state index in [-0.39, 0.29) is 0 Å². The first-order valence-electron chi connectivity index (χ1n) is 4.75. The summed E-state index contributed by atoms with van der Waals surface area (Å²) in [5.74, 6) is 2.71. The number of nitrogens with zero attached hydrogens (tertiary/aromatic N) is 2. The number of hydrogen-bond acceptors (Lipinski definition) is 2. The van der Waals surface area contributed by atoms with Crippen LogP contribution in [0.5, 0.6) is 0 Å². The van der Waals surface area contributed by atoms with Gasteiger partial charge in [0.25, 0.3) is 0 Å². The highest BCUT2D eigenvalue weighted by molar-refractivity contribution is 4.88. The molecule has 0 amide bonds. The predicted molar refractivity (Wildman–Crippen MR) is 52.0 cm³/mol. The van der Waals surface area contributed by atoms with Crippen LogP contribution in [0, 0.1) is 12.3 Å². The van der Waals surface area contributed by atoms with E-state index < -0.39 is 0 Å². The van der Waals surface area contributed by atoms with Crippen LogP contribution in [0.1, 0.15) is 13.3 Å². The number of rotatable bonds is 2. The molecule has 0 N–H and O–H groups in total. The Morgan fingerprint density at radius 1 is 1.17 bits per heavy atom. The summed E-state index contributed by atoms with van der Waals surface area (Å²) in [6.07, 6.45) is 6.53. The number of terminal acetylenes is 1. The van der Waals surface area contributed by atoms with Crippen LogP contribution in [-0.4, -0.2) is 49.1 Å². The second kappa shape index (κ2) is 5.18. The van der Waals surface area contributed by atoms with E-state index in [1.807, 2.05) is 0 Å². The molecule has 12 heavy (non-hydrogen) atoms. The third-order valence-electron chi connectivity index (χ3n) is 2.44. The van der Waals surface area contributed by atoms with Gasteiger partial charge in [0, 0.05) is 19.6 Å². The van der Waals surface area contributed by atoms with Gasteiger partial charge in [0.1, 0.15) is 0 Å². The molecule has 0 atom stereocenters. The van der Waals surface area contributed by atoms with Crippen molar-refractivity contribution in [3.63, 3.8) is 0 Å². The van der Waals surface area contributed by atoms with Gasteiger partial charge in [-0.2, -0.15) is 0 Å². The van der Waals surface area contributed by atoms with Gasteiger partial charge in [0.05, 0.1) is 6.54 Å². The fraction of sp³-hybridized carbons (Fsp3) is 0.800. The highest BCUT2D eigenvalue weighted by Gasteiger charge is 2.11. The first kappa shape index (κ1) is 9.57. The van der Waals surface area contributed by atoms with Gasteiger partial charge in [-0.3, -0.25) is 4.90 Å². The van der Waals surface area contributed by atoms with Crippen molar-refractivity contribution in [3.05, 3.63) is 0 Å². The first-order chi connectivity index (χ1) is 5.86. The molecular formula is C10H18N2. The fourth-order valence-corrected chi connectivity index (χ4v) is 1.63. The second-order valence-electron chi connectivity index (χ2n) is 3.27. The highest BCUT2D eigenvalue weighted by atomic mass is 15.2. The summed E-state index contributed by atoms with van der Waals surface area (Å²) in [5, 5.41) is 0. The molecule has 0 aromatic rings. The molecule has 0 saturated carbocycles. The molecule has 1 rings (SSSR count). The third kappa shape index (κ3) is 2.84. The SMILES string of the molecule is C#CCN1CCCN(CC)CC1. The summed E-state index contributed by atoms with van der Waals surface area (Å²) in [5.41, 5.74) is 0. The Balaban J connectivity index is 2.30. The maximum atomic E-state index is 5.27. The predicted octanol–water partition coefficient (Wildman–Crippen LogP) is 0.647. The molecule has 1 aliphatic rings. The Kier molecular flexibility index (Phi) is 4.13. The maximum absolute atomic E-state index is 5.27. The molecule has 1 fully saturated rings. The molecule has 2 heteroatoms. The van der Waals surface area contributed by atoms with Gasteiger partial charge >= 0.3 is 0 Å². The highest BCUT2D eigenvalue weighted by Crippen LogP contribution is 2.01. The molecule has 0 radical (unpaired) electrons. The Morgan fingerprint density at radius 3 is 2.50 bits per heavy atom. The minimum atomic E-state index is 0.817. The van der Waals surface area contributed by atoms with Crippen molar-refractivity contribution in [3.8, 4) is 12.3 Å². The van der Waals surface area contributed by atoms with Gasteiger partial charge in [0.2, 0.25) is 0 Å². The summed E-state index contributed by atoms with van der Waals surface area (Å²) in [6, 6.07) is 0. The molecule has 1 saturated heterocycles. The van der Waals surface area contributed by atoms with Crippen molar-refractivity contribution in [1.29, 1.82) is 0 Å². The average Bonchev–Trinajstić information content (AvgIpc) is 2.31. The topological polar surface area (TPSA) is 6.48 Å². The molecule has 1 heterocycles. The zero-order valence-corrected chi connectivity index (χ0v) is 7.92. The quantitative estimate of drug-likeness (QED) is 0.556. The van der Waals surface area contributed by atoms with Crippen LogP contribution >= 0.6 is 0 Å². The van der Waals surface area contributed by atoms with E-state index in [2.05, 4.69) is 22.6 Å². The molecule has 68 valence electrons. The molecular weight excluding hydrogens is 148 g/mol. The van der Waals surface area contributed by atoms with E-state index in [4.69, 9.17) is 6.42 Å². The molecule has 0 unspecified atom stereocenters. The monoisotopic (exact) mass is 166 g/mol. The normalized spacial score (nSPS) is 21.7. The van der Waals surface area contributed by atoms with Gasteiger partial charge in [-0.05, 0) is 19.5 Å². The standard InChI is InChI=1S/C10H18N2/c1-3-6-12-8-5-7-11(4-2)9-10-12/h1H,4-10H2,2H3. The number of hydrogen-bond donors (Lipinski definition) is 0. The van der Waals surface area contributed by atoms with Crippen molar-refractivity contribution in [2.24, 2.45) is 0 Å². The minimum absolute atomic E-state index is 0.817. The van der Waals surface area contributed by atoms with Crippen LogP contribution in [0.15, 0.2) is 0 Å². The van der Waals surface area contributed by atoms with Crippen LogP contribution in [0.4, 0.5) is 0 Å². The lowest BCUT2D eigenvalue weighted by Crippen LogP contribution is -2.30. The average molecular weight is 166 g/mol. The maximum Gasteiger partial charge on any atom is 0.0599 e. The van der Waals surface area contributed by atoms with Crippen molar-refractivity contribution in [1.82, 2.24) is 9.80 Å². The van der Waals surface area contributed by atoms with Crippen molar-refractivity contribution in [2.75, 3.05) is 39.3 Å². The van der Waals surface area contributed by atoms with E-state index in [0.29, 0.717) is 0 Å². The molecule has 1 aliphatic heterocycles. The van der Waals surface area contributed by atoms with E-state index in [9.17, 15) is 0 Å². The van der Waals surface area contributed by atoms with E-state index >= 15 is 0 Å². The van der Waals surface area contributed by atoms with E-state index in [1.54, 1.807) is 0 Å². The van der Waals surface area contributed by atoms with Crippen molar-refractivity contribution >= 4 is 0 Å². The zero-order valence-electron chi connectivity index (χ0n) is 7.92. The summed E-state index contributed by atoms with van der Waals surface area (Å²) in [4.78, 5) is 4.84. The largest absolute Gasteiger partial charge is 0.302 e. The zero-order chi connectivity index (χ0) is 8.81. The lowest BCUT2D eigenvalue weighted by atomic mass is 10.4. The molecule has 0 spiro atoms. The number of likely N-dealkylation sites (N-methyl/N-ethyl adjacent to an activating group) is 1. The van der Waals surface area contributed by atoms with Crippen molar-refractivity contribution in [2.45, 2.75) is 13.3 Å². The van der Waals surface area contributed by atoms with Gasteiger partial charge < -0.3 is 4.90 Å². The van der Waals surface area contributed by atoms with Gasteiger partial charge in [-0.1, -0.05) is 12.8 Å². The van der Waals surface area contributed by atoms with Gasteiger partial charge in [-0.15, -0.1) is 6.42 Å². The molecule has 2 nitrogen and oxygen atoms in total. The van der Waals surface area contributed by atoms with Gasteiger partial charge in [-0.25, -0.2) is 0 Å². The second-order valence-corrected chi connectivity index (χ2v) is 3.27. The van der Waals surface area contributed by atoms with Crippen LogP contribution in [-0.2, 0) is 0 Å². The Labute approximate surface area is 75.5 Å². The summed E-state index contributed by atoms with van der Waals surface area (Å²) >= 11 is 0. The molecule has 0 aliphatic carbocycles. The minimum Gasteiger partial charge on any atom is -0.302 e. The molecule has 0 bridgehead atoms. The Morgan fingerprint density at radius 2 is 1.83 bits per heavy atom. The van der Waals surface area contributed by atoms with Crippen LogP contribution < -0.4 is 0 Å². The summed E-state index contributed by atoms with van der Waals surface area (Å²) in [6.45, 7) is 8.92. The van der Waals surface area contributed by atoms with E-state index in [0.717, 1.165) is 13.1 Å². The lowest BCUT2D eigenvalue weighted by molar-refractivity contribution is 0.280. The van der Waals surface area contributed by atoms with Gasteiger partial charge in [0.15, 0.2) is 0 Å². The smallest absolute Gasteiger partial charge is 0.0599 e. The lowest BCUT2D eigenvalue weighted by Gasteiger charge is -2.18. The summed E-state index contributed by atoms with van der Waals surface area (Å²) < 4.78 is 0. The molecule has 0 aromatic carbocycles. The Bertz CT molecular complexity index is 160. The fourth-order valence-electron chi connectivity index (χ4n) is 1.63. The summed E-state index contributed by atoms with van der Waals surface area (Å²) in [7, 11) is 0. The Hall–Kier alpha value is -0.520. The molecule has 0 aromatic heterocycles. The van der Waals surface area contributed by atoms with E-state index in [1.165, 1.54) is 32.6 Å². The van der Waals surface area contributed by atoms with Crippen molar-refractivity contribution < 1.29 is 0 Å². The third-order valence-corrected chi connectivity index (χ3v) is 2.44. The van der Waals surface area contributed by atoms with Crippen LogP contribution in [0.25, 0.3) is 0 Å². The van der Waals surface area contributed by atoms with Crippen LogP contribution in [0.3, 0.4) is 0 Å². The van der Waals surface area contributed by atoms with Crippen LogP contribution in [0.2, 0.25) is 0 Å².